The van der Waals surface area contributed by atoms with E-state index in [-0.39, 0.29) is 11.9 Å². The van der Waals surface area contributed by atoms with Crippen molar-refractivity contribution >= 4 is 27.5 Å². The summed E-state index contributed by atoms with van der Waals surface area (Å²) in [5.74, 6) is 0.932. The Labute approximate surface area is 122 Å². The Bertz CT molecular complexity index is 465. The third kappa shape index (κ3) is 3.09. The number of carbonyl (C=O) groups is 1. The number of methoxy groups -OCH3 is 1. The Morgan fingerprint density at radius 3 is 2.95 bits per heavy atom. The Morgan fingerprint density at radius 1 is 1.53 bits per heavy atom. The Hall–Kier alpha value is -1.07. The number of amides is 1. The topological polar surface area (TPSA) is 41.6 Å². The van der Waals surface area contributed by atoms with Crippen molar-refractivity contribution in [2.45, 2.75) is 25.8 Å². The molecule has 2 rings (SSSR count). The van der Waals surface area contributed by atoms with E-state index in [0.717, 1.165) is 41.8 Å². The predicted octanol–water partition coefficient (Wildman–Crippen LogP) is 2.56. The minimum Gasteiger partial charge on any atom is -0.496 e. The molecule has 1 amide bonds. The highest BCUT2D eigenvalue weighted by atomic mass is 79.9. The smallest absolute Gasteiger partial charge is 0.244 e. The molecule has 4 nitrogen and oxygen atoms in total. The van der Waals surface area contributed by atoms with Crippen LogP contribution in [0.4, 0.5) is 5.69 Å². The zero-order valence-corrected chi connectivity index (χ0v) is 12.9. The van der Waals surface area contributed by atoms with E-state index >= 15 is 0 Å². The van der Waals surface area contributed by atoms with E-state index in [0.29, 0.717) is 0 Å². The van der Waals surface area contributed by atoms with Crippen LogP contribution in [0.3, 0.4) is 0 Å². The first kappa shape index (κ1) is 14.3. The molecule has 1 N–H and O–H groups in total. The quantitative estimate of drug-likeness (QED) is 0.904. The van der Waals surface area contributed by atoms with Crippen LogP contribution in [0.15, 0.2) is 22.7 Å². The third-order valence-electron chi connectivity index (χ3n) is 3.29. The lowest BCUT2D eigenvalue weighted by atomic mass is 10.2. The molecule has 1 aromatic rings. The lowest BCUT2D eigenvalue weighted by Crippen LogP contribution is -2.38. The summed E-state index contributed by atoms with van der Waals surface area (Å²) in [6.45, 7) is 3.75. The number of hydrogen-bond donors (Lipinski definition) is 1. The highest BCUT2D eigenvalue weighted by Crippen LogP contribution is 2.31. The number of benzene rings is 1. The molecular weight excluding hydrogens is 308 g/mol. The van der Waals surface area contributed by atoms with Gasteiger partial charge in [-0.25, -0.2) is 0 Å². The van der Waals surface area contributed by atoms with Crippen LogP contribution in [0.2, 0.25) is 0 Å². The van der Waals surface area contributed by atoms with Gasteiger partial charge < -0.3 is 15.0 Å². The third-order valence-corrected chi connectivity index (χ3v) is 3.91. The van der Waals surface area contributed by atoms with E-state index in [1.807, 2.05) is 23.1 Å². The summed E-state index contributed by atoms with van der Waals surface area (Å²) in [6, 6.07) is 5.68. The number of ether oxygens (including phenoxy) is 1. The highest BCUT2D eigenvalue weighted by Gasteiger charge is 2.32. The van der Waals surface area contributed by atoms with Gasteiger partial charge in [-0.3, -0.25) is 4.79 Å². The maximum atomic E-state index is 12.3. The van der Waals surface area contributed by atoms with E-state index in [9.17, 15) is 4.79 Å². The summed E-state index contributed by atoms with van der Waals surface area (Å²) in [5, 5.41) is 3.29. The Kier molecular flexibility index (Phi) is 4.82. The van der Waals surface area contributed by atoms with Crippen molar-refractivity contribution in [1.82, 2.24) is 5.32 Å². The van der Waals surface area contributed by atoms with Crippen LogP contribution in [0.25, 0.3) is 0 Å². The van der Waals surface area contributed by atoms with Gasteiger partial charge in [0.2, 0.25) is 5.91 Å². The molecule has 19 heavy (non-hydrogen) atoms. The Balaban J connectivity index is 2.11. The zero-order valence-electron chi connectivity index (χ0n) is 11.3. The van der Waals surface area contributed by atoms with Crippen molar-refractivity contribution < 1.29 is 9.53 Å². The van der Waals surface area contributed by atoms with Crippen LogP contribution >= 0.6 is 15.9 Å². The van der Waals surface area contributed by atoms with E-state index in [1.54, 1.807) is 7.11 Å². The molecule has 0 aromatic heterocycles. The van der Waals surface area contributed by atoms with E-state index < -0.39 is 0 Å². The van der Waals surface area contributed by atoms with Gasteiger partial charge in [-0.2, -0.15) is 0 Å². The average molecular weight is 327 g/mol. The number of nitrogens with one attached hydrogen (secondary N) is 1. The fourth-order valence-electron chi connectivity index (χ4n) is 2.27. The van der Waals surface area contributed by atoms with E-state index in [4.69, 9.17) is 4.74 Å². The summed E-state index contributed by atoms with van der Waals surface area (Å²) >= 11 is 3.45. The SMILES string of the molecule is CCCNC1CCN(c2ccc(OC)c(Br)c2)C1=O. The van der Waals surface area contributed by atoms with Gasteiger partial charge in [-0.15, -0.1) is 0 Å². The first-order chi connectivity index (χ1) is 9.17. The molecule has 0 bridgehead atoms. The van der Waals surface area contributed by atoms with Crippen LogP contribution in [0.1, 0.15) is 19.8 Å². The minimum absolute atomic E-state index is 0.0409. The van der Waals surface area contributed by atoms with Gasteiger partial charge in [-0.05, 0) is 53.5 Å². The zero-order chi connectivity index (χ0) is 13.8. The van der Waals surface area contributed by atoms with Crippen molar-refractivity contribution in [3.63, 3.8) is 0 Å². The molecule has 1 aliphatic heterocycles. The number of anilines is 1. The van der Waals surface area contributed by atoms with Gasteiger partial charge in [0.15, 0.2) is 0 Å². The molecule has 1 unspecified atom stereocenters. The van der Waals surface area contributed by atoms with Gasteiger partial charge >= 0.3 is 0 Å². The molecule has 1 aliphatic rings. The maximum Gasteiger partial charge on any atom is 0.244 e. The predicted molar refractivity (Wildman–Crippen MR) is 79.7 cm³/mol. The van der Waals surface area contributed by atoms with Crippen LogP contribution in [-0.2, 0) is 4.79 Å². The first-order valence-electron chi connectivity index (χ1n) is 6.55. The molecule has 1 saturated heterocycles. The average Bonchev–Trinajstić information content (AvgIpc) is 2.77. The van der Waals surface area contributed by atoms with Crippen LogP contribution in [0.5, 0.6) is 5.75 Å². The standard InChI is InChI=1S/C14H19BrN2O2/c1-3-7-16-12-6-8-17(14(12)18)10-4-5-13(19-2)11(15)9-10/h4-5,9,12,16H,3,6-8H2,1-2H3. The first-order valence-corrected chi connectivity index (χ1v) is 7.35. The van der Waals surface area contributed by atoms with Gasteiger partial charge in [0, 0.05) is 12.2 Å². The number of carbonyl (C=O) groups excluding carboxylic acids is 1. The second-order valence-electron chi connectivity index (χ2n) is 4.60. The fraction of sp³-hybridized carbons (Fsp3) is 0.500. The lowest BCUT2D eigenvalue weighted by molar-refractivity contribution is -0.118. The summed E-state index contributed by atoms with van der Waals surface area (Å²) in [7, 11) is 1.63. The lowest BCUT2D eigenvalue weighted by Gasteiger charge is -2.18. The fourth-order valence-corrected chi connectivity index (χ4v) is 2.80. The van der Waals surface area contributed by atoms with Gasteiger partial charge in [0.1, 0.15) is 5.75 Å². The molecule has 1 fully saturated rings. The molecule has 104 valence electrons. The second-order valence-corrected chi connectivity index (χ2v) is 5.46. The number of hydrogen-bond acceptors (Lipinski definition) is 3. The van der Waals surface area contributed by atoms with E-state index in [1.165, 1.54) is 0 Å². The summed E-state index contributed by atoms with van der Waals surface area (Å²) in [4.78, 5) is 14.1. The van der Waals surface area contributed by atoms with Crippen molar-refractivity contribution in [1.29, 1.82) is 0 Å². The summed E-state index contributed by atoms with van der Waals surface area (Å²) in [6.07, 6.45) is 1.90. The van der Waals surface area contributed by atoms with Gasteiger partial charge in [-0.1, -0.05) is 6.92 Å². The monoisotopic (exact) mass is 326 g/mol. The van der Waals surface area contributed by atoms with Crippen molar-refractivity contribution in [3.05, 3.63) is 22.7 Å². The van der Waals surface area contributed by atoms with E-state index in [2.05, 4.69) is 28.2 Å². The highest BCUT2D eigenvalue weighted by molar-refractivity contribution is 9.10. The van der Waals surface area contributed by atoms with Gasteiger partial charge in [0.05, 0.1) is 17.6 Å². The van der Waals surface area contributed by atoms with Crippen molar-refractivity contribution in [3.8, 4) is 5.75 Å². The molecule has 1 atom stereocenters. The molecular formula is C14H19BrN2O2. The second kappa shape index (κ2) is 6.39. The van der Waals surface area contributed by atoms with Crippen molar-refractivity contribution in [2.24, 2.45) is 0 Å². The van der Waals surface area contributed by atoms with Crippen LogP contribution in [0, 0.1) is 0 Å². The largest absolute Gasteiger partial charge is 0.496 e. The summed E-state index contributed by atoms with van der Waals surface area (Å²) in [5.41, 5.74) is 0.915. The normalized spacial score (nSPS) is 19.0. The van der Waals surface area contributed by atoms with Crippen LogP contribution < -0.4 is 15.0 Å². The maximum absolute atomic E-state index is 12.3. The molecule has 1 heterocycles. The number of rotatable bonds is 5. The number of nitrogens with zero attached hydrogens (tertiary/aromatic N) is 1. The molecule has 0 radical (unpaired) electrons. The molecule has 0 saturated carbocycles. The van der Waals surface area contributed by atoms with Gasteiger partial charge in [0.25, 0.3) is 0 Å². The summed E-state index contributed by atoms with van der Waals surface area (Å²) < 4.78 is 6.07. The molecule has 0 spiro atoms. The molecule has 0 aliphatic carbocycles. The molecule has 5 heteroatoms. The van der Waals surface area contributed by atoms with Crippen LogP contribution in [-0.4, -0.2) is 32.1 Å². The van der Waals surface area contributed by atoms with Crippen molar-refractivity contribution in [2.75, 3.05) is 25.1 Å². The minimum atomic E-state index is -0.0409. The number of halogens is 1. The Morgan fingerprint density at radius 2 is 2.32 bits per heavy atom. The molecule has 1 aromatic carbocycles.